The number of nitrogens with zero attached hydrogens (tertiary/aromatic N) is 2. The van der Waals surface area contributed by atoms with Crippen LogP contribution in [0.5, 0.6) is 0 Å². The fraction of sp³-hybridized carbons (Fsp3) is 0.467. The molecule has 0 aliphatic rings. The van der Waals surface area contributed by atoms with Crippen LogP contribution in [-0.4, -0.2) is 17.3 Å². The summed E-state index contributed by atoms with van der Waals surface area (Å²) in [6.07, 6.45) is 1.59. The molecule has 0 atom stereocenters. The topological polar surface area (TPSA) is 74.2 Å². The predicted molar refractivity (Wildman–Crippen MR) is 76.9 cm³/mol. The second-order valence-corrected chi connectivity index (χ2v) is 4.73. The van der Waals surface area contributed by atoms with Crippen LogP contribution in [-0.2, 0) is 16.9 Å². The molecule has 0 saturated heterocycles. The summed E-state index contributed by atoms with van der Waals surface area (Å²) in [5.41, 5.74) is 7.07. The van der Waals surface area contributed by atoms with Crippen molar-refractivity contribution in [3.8, 4) is 11.5 Å². The molecule has 108 valence electrons. The summed E-state index contributed by atoms with van der Waals surface area (Å²) in [6.45, 7) is 4.63. The van der Waals surface area contributed by atoms with Gasteiger partial charge in [0.25, 0.3) is 5.89 Å². The van der Waals surface area contributed by atoms with Crippen LogP contribution in [0.15, 0.2) is 28.8 Å². The van der Waals surface area contributed by atoms with Gasteiger partial charge in [-0.25, -0.2) is 0 Å². The van der Waals surface area contributed by atoms with Crippen molar-refractivity contribution in [3.63, 3.8) is 0 Å². The lowest BCUT2D eigenvalue weighted by Crippen LogP contribution is -2.28. The molecule has 0 bridgehead atoms. The van der Waals surface area contributed by atoms with Crippen LogP contribution in [0.3, 0.4) is 0 Å². The van der Waals surface area contributed by atoms with Gasteiger partial charge in [0.05, 0.1) is 0 Å². The van der Waals surface area contributed by atoms with Gasteiger partial charge in [-0.05, 0) is 30.5 Å². The quantitative estimate of drug-likeness (QED) is 0.877. The van der Waals surface area contributed by atoms with Crippen LogP contribution in [0.1, 0.15) is 38.1 Å². The number of hydrogen-bond donors (Lipinski definition) is 1. The average molecular weight is 275 g/mol. The fourth-order valence-electron chi connectivity index (χ4n) is 2.26. The first-order valence-corrected chi connectivity index (χ1v) is 6.87. The summed E-state index contributed by atoms with van der Waals surface area (Å²) in [6, 6.07) is 7.79. The van der Waals surface area contributed by atoms with E-state index in [1.807, 2.05) is 24.3 Å². The molecule has 2 aromatic rings. The van der Waals surface area contributed by atoms with Crippen molar-refractivity contribution in [2.24, 2.45) is 5.73 Å². The van der Waals surface area contributed by atoms with Crippen molar-refractivity contribution in [2.75, 3.05) is 7.11 Å². The van der Waals surface area contributed by atoms with Crippen molar-refractivity contribution >= 4 is 0 Å². The summed E-state index contributed by atoms with van der Waals surface area (Å²) in [5.74, 6) is 1.11. The molecule has 20 heavy (non-hydrogen) atoms. The zero-order chi connectivity index (χ0) is 14.6. The molecule has 0 spiro atoms. The summed E-state index contributed by atoms with van der Waals surface area (Å²) in [4.78, 5) is 4.49. The maximum atomic E-state index is 5.61. The van der Waals surface area contributed by atoms with Crippen molar-refractivity contribution in [1.82, 2.24) is 10.1 Å². The highest BCUT2D eigenvalue weighted by Gasteiger charge is 2.33. The van der Waals surface area contributed by atoms with Gasteiger partial charge in [0.1, 0.15) is 5.60 Å². The summed E-state index contributed by atoms with van der Waals surface area (Å²) in [7, 11) is 1.68. The van der Waals surface area contributed by atoms with E-state index in [0.29, 0.717) is 18.3 Å². The molecule has 0 aliphatic heterocycles. The smallest absolute Gasteiger partial charge is 0.258 e. The third-order valence-corrected chi connectivity index (χ3v) is 3.80. The third-order valence-electron chi connectivity index (χ3n) is 3.80. The van der Waals surface area contributed by atoms with E-state index in [-0.39, 0.29) is 0 Å². The predicted octanol–water partition coefficient (Wildman–Crippen LogP) is 2.86. The highest BCUT2D eigenvalue weighted by Crippen LogP contribution is 2.31. The highest BCUT2D eigenvalue weighted by atomic mass is 16.5. The Morgan fingerprint density at radius 2 is 1.85 bits per heavy atom. The molecular formula is C15H21N3O2. The van der Waals surface area contributed by atoms with E-state index in [4.69, 9.17) is 15.0 Å². The van der Waals surface area contributed by atoms with Crippen LogP contribution in [0.25, 0.3) is 11.5 Å². The summed E-state index contributed by atoms with van der Waals surface area (Å²) < 4.78 is 11.0. The van der Waals surface area contributed by atoms with Gasteiger partial charge in [0.15, 0.2) is 0 Å². The zero-order valence-corrected chi connectivity index (χ0v) is 12.2. The highest BCUT2D eigenvalue weighted by molar-refractivity contribution is 5.53. The number of rotatable bonds is 6. The average Bonchev–Trinajstić information content (AvgIpc) is 3.00. The standard InChI is InChI=1S/C15H21N3O2/c1-4-15(5-2,19-3)14-17-13(20-18-14)12-8-6-11(10-16)7-9-12/h6-9H,4-5,10,16H2,1-3H3. The van der Waals surface area contributed by atoms with Crippen LogP contribution in [0.2, 0.25) is 0 Å². The molecule has 0 saturated carbocycles. The largest absolute Gasteiger partial charge is 0.370 e. The zero-order valence-electron chi connectivity index (χ0n) is 12.2. The summed E-state index contributed by atoms with van der Waals surface area (Å²) in [5, 5.41) is 4.08. The first-order chi connectivity index (χ1) is 9.69. The van der Waals surface area contributed by atoms with Gasteiger partial charge in [-0.1, -0.05) is 31.1 Å². The van der Waals surface area contributed by atoms with Gasteiger partial charge in [-0.3, -0.25) is 0 Å². The SMILES string of the molecule is CCC(CC)(OC)c1noc(-c2ccc(CN)cc2)n1. The van der Waals surface area contributed by atoms with E-state index in [1.165, 1.54) is 0 Å². The van der Waals surface area contributed by atoms with Gasteiger partial charge < -0.3 is 15.0 Å². The molecule has 1 aromatic carbocycles. The Bertz CT molecular complexity index is 536. The van der Waals surface area contributed by atoms with Gasteiger partial charge in [0, 0.05) is 19.2 Å². The van der Waals surface area contributed by atoms with E-state index in [9.17, 15) is 0 Å². The Morgan fingerprint density at radius 3 is 2.35 bits per heavy atom. The van der Waals surface area contributed by atoms with Gasteiger partial charge in [0.2, 0.25) is 5.82 Å². The molecular weight excluding hydrogens is 254 g/mol. The van der Waals surface area contributed by atoms with Crippen LogP contribution in [0, 0.1) is 0 Å². The second kappa shape index (κ2) is 6.15. The lowest BCUT2D eigenvalue weighted by molar-refractivity contribution is -0.0306. The number of benzene rings is 1. The van der Waals surface area contributed by atoms with Crippen molar-refractivity contribution in [1.29, 1.82) is 0 Å². The molecule has 2 N–H and O–H groups in total. The normalized spacial score (nSPS) is 11.8. The lowest BCUT2D eigenvalue weighted by atomic mass is 9.96. The van der Waals surface area contributed by atoms with E-state index in [1.54, 1.807) is 7.11 Å². The van der Waals surface area contributed by atoms with Crippen LogP contribution in [0.4, 0.5) is 0 Å². The molecule has 0 unspecified atom stereocenters. The Morgan fingerprint density at radius 1 is 1.20 bits per heavy atom. The van der Waals surface area contributed by atoms with Crippen molar-refractivity contribution in [3.05, 3.63) is 35.7 Å². The van der Waals surface area contributed by atoms with Crippen LogP contribution < -0.4 is 5.73 Å². The van der Waals surface area contributed by atoms with E-state index in [0.717, 1.165) is 24.0 Å². The number of nitrogens with two attached hydrogens (primary N) is 1. The summed E-state index contributed by atoms with van der Waals surface area (Å²) >= 11 is 0. The minimum absolute atomic E-state index is 0.473. The monoisotopic (exact) mass is 275 g/mol. The van der Waals surface area contributed by atoms with Crippen molar-refractivity contribution < 1.29 is 9.26 Å². The second-order valence-electron chi connectivity index (χ2n) is 4.73. The molecule has 0 aliphatic carbocycles. The van der Waals surface area contributed by atoms with Gasteiger partial charge >= 0.3 is 0 Å². The Hall–Kier alpha value is -1.72. The van der Waals surface area contributed by atoms with Gasteiger partial charge in [-0.15, -0.1) is 0 Å². The van der Waals surface area contributed by atoms with Crippen molar-refractivity contribution in [2.45, 2.75) is 38.8 Å². The molecule has 1 heterocycles. The lowest BCUT2D eigenvalue weighted by Gasteiger charge is -2.25. The van der Waals surface area contributed by atoms with Crippen LogP contribution >= 0.6 is 0 Å². The maximum Gasteiger partial charge on any atom is 0.258 e. The van der Waals surface area contributed by atoms with E-state index < -0.39 is 5.60 Å². The number of aromatic nitrogens is 2. The molecule has 0 amide bonds. The van der Waals surface area contributed by atoms with E-state index in [2.05, 4.69) is 24.0 Å². The van der Waals surface area contributed by atoms with Gasteiger partial charge in [-0.2, -0.15) is 4.98 Å². The molecule has 0 radical (unpaired) electrons. The molecule has 5 nitrogen and oxygen atoms in total. The Kier molecular flexibility index (Phi) is 4.52. The first-order valence-electron chi connectivity index (χ1n) is 6.87. The number of hydrogen-bond acceptors (Lipinski definition) is 5. The Balaban J connectivity index is 2.32. The molecule has 0 fully saturated rings. The van der Waals surface area contributed by atoms with E-state index >= 15 is 0 Å². The molecule has 2 rings (SSSR count). The first kappa shape index (κ1) is 14.7. The Labute approximate surface area is 119 Å². The third kappa shape index (κ3) is 2.59. The fourth-order valence-corrected chi connectivity index (χ4v) is 2.26. The maximum absolute atomic E-state index is 5.61. The minimum atomic E-state index is -0.473. The minimum Gasteiger partial charge on any atom is -0.370 e. The molecule has 1 aromatic heterocycles. The molecule has 5 heteroatoms. The number of methoxy groups -OCH3 is 1. The number of ether oxygens (including phenoxy) is 1.